The van der Waals surface area contributed by atoms with Crippen LogP contribution < -0.4 is 22.5 Å². The lowest BCUT2D eigenvalue weighted by molar-refractivity contribution is -0.114. The average molecular weight is 336 g/mol. The summed E-state index contributed by atoms with van der Waals surface area (Å²) in [6.45, 7) is 1.41. The van der Waals surface area contributed by atoms with Crippen LogP contribution in [0.5, 0.6) is 0 Å². The van der Waals surface area contributed by atoms with Gasteiger partial charge in [-0.25, -0.2) is 0 Å². The van der Waals surface area contributed by atoms with Gasteiger partial charge < -0.3 is 22.5 Å². The van der Waals surface area contributed by atoms with Crippen LogP contribution in [0.4, 0.5) is 17.1 Å². The summed E-state index contributed by atoms with van der Waals surface area (Å²) in [4.78, 5) is 21.3. The Kier molecular flexibility index (Phi) is 6.50. The van der Waals surface area contributed by atoms with Crippen LogP contribution >= 0.6 is 0 Å². The highest BCUT2D eigenvalue weighted by Crippen LogP contribution is 2.16. The maximum atomic E-state index is 10.7. The van der Waals surface area contributed by atoms with Gasteiger partial charge in [0.05, 0.1) is 11.1 Å². The number of nitrogens with two attached hydrogens (primary N) is 3. The quantitative estimate of drug-likeness (QED) is 0.602. The van der Waals surface area contributed by atoms with Gasteiger partial charge in [0.1, 0.15) is 12.1 Å². The van der Waals surface area contributed by atoms with E-state index in [0.717, 1.165) is 0 Å². The van der Waals surface area contributed by atoms with E-state index >= 15 is 0 Å². The largest absolute Gasteiger partial charge is 0.398 e. The van der Waals surface area contributed by atoms with E-state index in [1.807, 2.05) is 12.1 Å². The Balaban J connectivity index is 0.000000251. The fourth-order valence-corrected chi connectivity index (χ4v) is 1.74. The predicted octanol–water partition coefficient (Wildman–Crippen LogP) is 1.34. The molecule has 2 amide bonds. The van der Waals surface area contributed by atoms with Crippen LogP contribution in [0.2, 0.25) is 0 Å². The lowest BCUT2D eigenvalue weighted by Gasteiger charge is -2.03. The molecule has 0 heterocycles. The number of hydrogen-bond donors (Lipinski definition) is 4. The van der Waals surface area contributed by atoms with E-state index in [0.29, 0.717) is 28.2 Å². The predicted molar refractivity (Wildman–Crippen MR) is 94.0 cm³/mol. The summed E-state index contributed by atoms with van der Waals surface area (Å²) < 4.78 is 0. The number of primary amides is 1. The zero-order chi connectivity index (χ0) is 19.0. The van der Waals surface area contributed by atoms with Gasteiger partial charge in [-0.1, -0.05) is 0 Å². The number of benzene rings is 2. The summed E-state index contributed by atoms with van der Waals surface area (Å²) in [5.74, 6) is -0.736. The Hall–Kier alpha value is -4.04. The Morgan fingerprint density at radius 3 is 1.96 bits per heavy atom. The van der Waals surface area contributed by atoms with Crippen LogP contribution in [0, 0.1) is 22.7 Å². The molecule has 0 unspecified atom stereocenters. The highest BCUT2D eigenvalue weighted by molar-refractivity contribution is 5.93. The normalized spacial score (nSPS) is 8.92. The van der Waals surface area contributed by atoms with Gasteiger partial charge in [0.25, 0.3) is 0 Å². The highest BCUT2D eigenvalue weighted by Gasteiger charge is 2.03. The zero-order valence-electron chi connectivity index (χ0n) is 13.4. The minimum absolute atomic E-state index is 0.173. The molecule has 2 aromatic rings. The molecule has 0 radical (unpaired) electrons. The second-order valence-electron chi connectivity index (χ2n) is 4.87. The van der Waals surface area contributed by atoms with E-state index < -0.39 is 5.91 Å². The van der Waals surface area contributed by atoms with Crippen molar-refractivity contribution in [2.45, 2.75) is 6.92 Å². The van der Waals surface area contributed by atoms with Crippen molar-refractivity contribution in [1.29, 1.82) is 10.5 Å². The number of carbonyl (C=O) groups excluding carboxylic acids is 2. The smallest absolute Gasteiger partial charge is 0.248 e. The summed E-state index contributed by atoms with van der Waals surface area (Å²) in [7, 11) is 0. The number of carbonyl (C=O) groups is 2. The van der Waals surface area contributed by atoms with E-state index in [1.54, 1.807) is 12.1 Å². The first-order valence-electron chi connectivity index (χ1n) is 6.95. The van der Waals surface area contributed by atoms with Crippen LogP contribution in [0.15, 0.2) is 36.4 Å². The lowest BCUT2D eigenvalue weighted by atomic mass is 10.1. The summed E-state index contributed by atoms with van der Waals surface area (Å²) in [5, 5.41) is 19.7. The number of amides is 2. The van der Waals surface area contributed by atoms with Crippen molar-refractivity contribution >= 4 is 28.9 Å². The van der Waals surface area contributed by atoms with Gasteiger partial charge in [0.15, 0.2) is 0 Å². The van der Waals surface area contributed by atoms with Crippen LogP contribution in [-0.2, 0) is 4.79 Å². The third-order valence-electron chi connectivity index (χ3n) is 2.95. The molecule has 0 saturated heterocycles. The third kappa shape index (κ3) is 5.58. The number of rotatable bonds is 2. The van der Waals surface area contributed by atoms with Crippen molar-refractivity contribution in [2.75, 3.05) is 16.8 Å². The number of nitrogen functional groups attached to an aromatic ring is 2. The molecule has 0 saturated carbocycles. The number of nitrogens with one attached hydrogen (secondary N) is 1. The van der Waals surface area contributed by atoms with E-state index in [4.69, 9.17) is 27.7 Å². The first-order valence-corrected chi connectivity index (χ1v) is 6.95. The molecule has 0 aromatic heterocycles. The van der Waals surface area contributed by atoms with Crippen LogP contribution in [0.1, 0.15) is 28.4 Å². The Morgan fingerprint density at radius 1 is 0.960 bits per heavy atom. The van der Waals surface area contributed by atoms with E-state index in [2.05, 4.69) is 5.32 Å². The van der Waals surface area contributed by atoms with Crippen molar-refractivity contribution in [3.63, 3.8) is 0 Å². The van der Waals surface area contributed by atoms with Crippen LogP contribution in [0.25, 0.3) is 0 Å². The summed E-state index contributed by atoms with van der Waals surface area (Å²) in [5.41, 5.74) is 18.2. The maximum Gasteiger partial charge on any atom is 0.248 e. The summed E-state index contributed by atoms with van der Waals surface area (Å²) in [6.07, 6.45) is 0. The van der Waals surface area contributed by atoms with Gasteiger partial charge in [0, 0.05) is 29.5 Å². The average Bonchev–Trinajstić information content (AvgIpc) is 2.57. The van der Waals surface area contributed by atoms with E-state index in [-0.39, 0.29) is 11.5 Å². The van der Waals surface area contributed by atoms with Gasteiger partial charge in [-0.2, -0.15) is 10.5 Å². The molecule has 0 atom stereocenters. The maximum absolute atomic E-state index is 10.7. The standard InChI is InChI=1S/C9H9N3O.C8H7N3O/c1-6(13)12-8-2-3-9(11)7(4-8)5-10;9-4-6-3-5(8(11)12)1-2-7(6)10/h2-4H,11H2,1H3,(H,12,13);1-3H,10H2,(H2,11,12). The van der Waals surface area contributed by atoms with Gasteiger partial charge in [0.2, 0.25) is 11.8 Å². The molecule has 0 bridgehead atoms. The second-order valence-corrected chi connectivity index (χ2v) is 4.87. The lowest BCUT2D eigenvalue weighted by Crippen LogP contribution is -2.11. The van der Waals surface area contributed by atoms with Crippen molar-refractivity contribution in [3.05, 3.63) is 53.1 Å². The number of nitrogens with zero attached hydrogens (tertiary/aromatic N) is 2. The number of hydrogen-bond acceptors (Lipinski definition) is 6. The molecule has 126 valence electrons. The number of nitriles is 2. The van der Waals surface area contributed by atoms with Crippen molar-refractivity contribution in [3.8, 4) is 12.1 Å². The topological polar surface area (TPSA) is 172 Å². The SMILES string of the molecule is CC(=O)Nc1ccc(N)c(C#N)c1.N#Cc1cc(C(N)=O)ccc1N. The molecule has 7 N–H and O–H groups in total. The molecule has 8 nitrogen and oxygen atoms in total. The minimum atomic E-state index is -0.563. The molecule has 25 heavy (non-hydrogen) atoms. The Morgan fingerprint density at radius 2 is 1.48 bits per heavy atom. The second kappa shape index (κ2) is 8.56. The van der Waals surface area contributed by atoms with Gasteiger partial charge >= 0.3 is 0 Å². The van der Waals surface area contributed by atoms with Gasteiger partial charge in [-0.15, -0.1) is 0 Å². The molecule has 0 aliphatic heterocycles. The summed E-state index contributed by atoms with van der Waals surface area (Å²) in [6, 6.07) is 12.9. The molecular formula is C17H16N6O2. The molecule has 0 aliphatic rings. The van der Waals surface area contributed by atoms with Gasteiger partial charge in [-0.3, -0.25) is 9.59 Å². The van der Waals surface area contributed by atoms with Crippen LogP contribution in [-0.4, -0.2) is 11.8 Å². The van der Waals surface area contributed by atoms with E-state index in [9.17, 15) is 9.59 Å². The number of anilines is 3. The molecule has 2 rings (SSSR count). The molecule has 8 heteroatoms. The van der Waals surface area contributed by atoms with Crippen LogP contribution in [0.3, 0.4) is 0 Å². The fraction of sp³-hybridized carbons (Fsp3) is 0.0588. The van der Waals surface area contributed by atoms with E-state index in [1.165, 1.54) is 31.2 Å². The monoisotopic (exact) mass is 336 g/mol. The first-order chi connectivity index (χ1) is 11.8. The van der Waals surface area contributed by atoms with Gasteiger partial charge in [-0.05, 0) is 36.4 Å². The summed E-state index contributed by atoms with van der Waals surface area (Å²) >= 11 is 0. The molecule has 0 spiro atoms. The molecule has 0 aliphatic carbocycles. The fourth-order valence-electron chi connectivity index (χ4n) is 1.74. The Labute approximate surface area is 144 Å². The third-order valence-corrected chi connectivity index (χ3v) is 2.95. The first kappa shape index (κ1) is 19.0. The molecular weight excluding hydrogens is 320 g/mol. The molecule has 2 aromatic carbocycles. The van der Waals surface area contributed by atoms with Crippen molar-refractivity contribution in [1.82, 2.24) is 0 Å². The Bertz CT molecular complexity index is 893. The van der Waals surface area contributed by atoms with Crippen molar-refractivity contribution < 1.29 is 9.59 Å². The van der Waals surface area contributed by atoms with Crippen molar-refractivity contribution in [2.24, 2.45) is 5.73 Å². The zero-order valence-corrected chi connectivity index (χ0v) is 13.4. The minimum Gasteiger partial charge on any atom is -0.398 e. The molecule has 0 fully saturated rings. The highest BCUT2D eigenvalue weighted by atomic mass is 16.1.